The van der Waals surface area contributed by atoms with Crippen molar-refractivity contribution in [2.24, 2.45) is 0 Å². The largest absolute Gasteiger partial charge is 0.249 e. The Morgan fingerprint density at radius 1 is 1.36 bits per heavy atom. The molecule has 0 unspecified atom stereocenters. The SMILES string of the molecule is Cc1cnc2scc(C)c2n1. The normalized spacial score (nSPS) is 10.7. The Bertz CT molecular complexity index is 392. The minimum Gasteiger partial charge on any atom is -0.249 e. The van der Waals surface area contributed by atoms with E-state index in [2.05, 4.69) is 22.3 Å². The summed E-state index contributed by atoms with van der Waals surface area (Å²) in [6, 6.07) is 0. The minimum absolute atomic E-state index is 0.985. The van der Waals surface area contributed by atoms with Gasteiger partial charge in [0.25, 0.3) is 0 Å². The zero-order valence-corrected chi connectivity index (χ0v) is 7.27. The lowest BCUT2D eigenvalue weighted by Crippen LogP contribution is -1.83. The number of nitrogens with zero attached hydrogens (tertiary/aromatic N) is 2. The Morgan fingerprint density at radius 3 is 3.00 bits per heavy atom. The Morgan fingerprint density at radius 2 is 2.18 bits per heavy atom. The fraction of sp³-hybridized carbons (Fsp3) is 0.250. The van der Waals surface area contributed by atoms with Gasteiger partial charge >= 0.3 is 0 Å². The molecular formula is C8H8N2S. The maximum absolute atomic E-state index is 4.38. The summed E-state index contributed by atoms with van der Waals surface area (Å²) in [6.07, 6.45) is 1.80. The van der Waals surface area contributed by atoms with Crippen LogP contribution in [-0.2, 0) is 0 Å². The van der Waals surface area contributed by atoms with Crippen LogP contribution in [0.3, 0.4) is 0 Å². The van der Waals surface area contributed by atoms with E-state index in [0.717, 1.165) is 16.0 Å². The molecule has 2 rings (SSSR count). The van der Waals surface area contributed by atoms with E-state index in [1.807, 2.05) is 6.92 Å². The molecule has 3 heteroatoms. The van der Waals surface area contributed by atoms with Crippen LogP contribution in [0.25, 0.3) is 10.3 Å². The van der Waals surface area contributed by atoms with Crippen LogP contribution in [0, 0.1) is 13.8 Å². The molecule has 2 aromatic rings. The van der Waals surface area contributed by atoms with Gasteiger partial charge in [0.2, 0.25) is 0 Å². The molecule has 2 nitrogen and oxygen atoms in total. The van der Waals surface area contributed by atoms with E-state index in [1.54, 1.807) is 17.5 Å². The standard InChI is InChI=1S/C8H8N2S/c1-5-4-11-8-7(5)10-6(2)3-9-8/h3-4H,1-2H3. The maximum atomic E-state index is 4.38. The summed E-state index contributed by atoms with van der Waals surface area (Å²) in [6.45, 7) is 4.02. The number of hydrogen-bond donors (Lipinski definition) is 0. The van der Waals surface area contributed by atoms with Crippen molar-refractivity contribution in [3.05, 3.63) is 22.8 Å². The number of aromatic nitrogens is 2. The summed E-state index contributed by atoms with van der Waals surface area (Å²) >= 11 is 1.65. The van der Waals surface area contributed by atoms with E-state index in [4.69, 9.17) is 0 Å². The second-order valence-electron chi connectivity index (χ2n) is 2.58. The van der Waals surface area contributed by atoms with Crippen molar-refractivity contribution >= 4 is 21.7 Å². The zero-order valence-electron chi connectivity index (χ0n) is 6.46. The molecule has 0 spiro atoms. The highest BCUT2D eigenvalue weighted by molar-refractivity contribution is 7.16. The summed E-state index contributed by atoms with van der Waals surface area (Å²) in [5.74, 6) is 0. The van der Waals surface area contributed by atoms with Crippen molar-refractivity contribution < 1.29 is 0 Å². The quantitative estimate of drug-likeness (QED) is 0.597. The average Bonchev–Trinajstić information content (AvgIpc) is 2.33. The molecule has 0 saturated heterocycles. The highest BCUT2D eigenvalue weighted by Gasteiger charge is 2.01. The van der Waals surface area contributed by atoms with Gasteiger partial charge in [0.1, 0.15) is 10.3 Å². The molecule has 0 amide bonds. The highest BCUT2D eigenvalue weighted by atomic mass is 32.1. The van der Waals surface area contributed by atoms with Gasteiger partial charge in [-0.25, -0.2) is 9.97 Å². The monoisotopic (exact) mass is 164 g/mol. The van der Waals surface area contributed by atoms with E-state index in [-0.39, 0.29) is 0 Å². The number of hydrogen-bond acceptors (Lipinski definition) is 3. The first-order chi connectivity index (χ1) is 5.27. The van der Waals surface area contributed by atoms with Gasteiger partial charge in [0.05, 0.1) is 5.69 Å². The van der Waals surface area contributed by atoms with Gasteiger partial charge in [0, 0.05) is 6.20 Å². The highest BCUT2D eigenvalue weighted by Crippen LogP contribution is 2.20. The molecule has 0 aliphatic heterocycles. The summed E-state index contributed by atoms with van der Waals surface area (Å²) < 4.78 is 0. The van der Waals surface area contributed by atoms with Crippen LogP contribution < -0.4 is 0 Å². The molecule has 56 valence electrons. The van der Waals surface area contributed by atoms with Crippen molar-refractivity contribution in [3.8, 4) is 0 Å². The van der Waals surface area contributed by atoms with E-state index in [9.17, 15) is 0 Å². The number of aryl methyl sites for hydroxylation is 2. The van der Waals surface area contributed by atoms with Gasteiger partial charge < -0.3 is 0 Å². The Labute approximate surface area is 68.9 Å². The molecule has 0 fully saturated rings. The summed E-state index contributed by atoms with van der Waals surface area (Å²) in [5, 5.41) is 2.09. The van der Waals surface area contributed by atoms with Crippen molar-refractivity contribution in [1.82, 2.24) is 9.97 Å². The Kier molecular flexibility index (Phi) is 1.39. The average molecular weight is 164 g/mol. The molecule has 0 aliphatic carbocycles. The van der Waals surface area contributed by atoms with Gasteiger partial charge in [-0.05, 0) is 24.8 Å². The topological polar surface area (TPSA) is 25.8 Å². The summed E-state index contributed by atoms with van der Waals surface area (Å²) in [4.78, 5) is 9.68. The van der Waals surface area contributed by atoms with Crippen LogP contribution in [0.2, 0.25) is 0 Å². The first kappa shape index (κ1) is 6.73. The number of fused-ring (bicyclic) bond motifs is 1. The molecule has 2 heterocycles. The number of thiophene rings is 1. The molecule has 0 atom stereocenters. The van der Waals surface area contributed by atoms with Gasteiger partial charge in [-0.15, -0.1) is 11.3 Å². The van der Waals surface area contributed by atoms with Gasteiger partial charge in [-0.2, -0.15) is 0 Å². The van der Waals surface area contributed by atoms with Crippen molar-refractivity contribution in [3.63, 3.8) is 0 Å². The molecular weight excluding hydrogens is 156 g/mol. The molecule has 2 aromatic heterocycles. The lowest BCUT2D eigenvalue weighted by molar-refractivity contribution is 1.19. The van der Waals surface area contributed by atoms with Crippen LogP contribution in [0.5, 0.6) is 0 Å². The molecule has 0 radical (unpaired) electrons. The van der Waals surface area contributed by atoms with Gasteiger partial charge in [0.15, 0.2) is 0 Å². The maximum Gasteiger partial charge on any atom is 0.142 e. The molecule has 11 heavy (non-hydrogen) atoms. The van der Waals surface area contributed by atoms with Crippen molar-refractivity contribution in [1.29, 1.82) is 0 Å². The molecule has 0 saturated carbocycles. The van der Waals surface area contributed by atoms with Gasteiger partial charge in [-0.1, -0.05) is 0 Å². The third-order valence-electron chi connectivity index (χ3n) is 1.58. The van der Waals surface area contributed by atoms with E-state index < -0.39 is 0 Å². The predicted octanol–water partition coefficient (Wildman–Crippen LogP) is 2.31. The van der Waals surface area contributed by atoms with Crippen molar-refractivity contribution in [2.75, 3.05) is 0 Å². The van der Waals surface area contributed by atoms with Crippen LogP contribution in [0.15, 0.2) is 11.6 Å². The second-order valence-corrected chi connectivity index (χ2v) is 3.44. The van der Waals surface area contributed by atoms with E-state index in [1.165, 1.54) is 5.56 Å². The Balaban J connectivity index is 2.87. The summed E-state index contributed by atoms with van der Waals surface area (Å²) in [7, 11) is 0. The van der Waals surface area contributed by atoms with E-state index >= 15 is 0 Å². The zero-order chi connectivity index (χ0) is 7.84. The minimum atomic E-state index is 0.985. The first-order valence-corrected chi connectivity index (χ1v) is 4.33. The van der Waals surface area contributed by atoms with Crippen LogP contribution >= 0.6 is 11.3 Å². The third-order valence-corrected chi connectivity index (χ3v) is 2.57. The fourth-order valence-electron chi connectivity index (χ4n) is 1.01. The molecule has 0 N–H and O–H groups in total. The number of rotatable bonds is 0. The molecule has 0 aromatic carbocycles. The molecule has 0 bridgehead atoms. The van der Waals surface area contributed by atoms with Crippen LogP contribution in [0.1, 0.15) is 11.3 Å². The smallest absolute Gasteiger partial charge is 0.142 e. The lowest BCUT2D eigenvalue weighted by atomic mass is 10.3. The van der Waals surface area contributed by atoms with E-state index in [0.29, 0.717) is 0 Å². The summed E-state index contributed by atoms with van der Waals surface area (Å²) in [5.41, 5.74) is 3.26. The van der Waals surface area contributed by atoms with Gasteiger partial charge in [-0.3, -0.25) is 0 Å². The van der Waals surface area contributed by atoms with Crippen molar-refractivity contribution in [2.45, 2.75) is 13.8 Å². The second kappa shape index (κ2) is 2.27. The third kappa shape index (κ3) is 1.01. The van der Waals surface area contributed by atoms with Crippen LogP contribution in [0.4, 0.5) is 0 Å². The van der Waals surface area contributed by atoms with Crippen LogP contribution in [-0.4, -0.2) is 9.97 Å². The molecule has 0 aliphatic rings. The predicted molar refractivity (Wildman–Crippen MR) is 46.9 cm³/mol. The first-order valence-electron chi connectivity index (χ1n) is 3.45. The fourth-order valence-corrected chi connectivity index (χ4v) is 1.84. The Hall–Kier alpha value is -0.960. The lowest BCUT2D eigenvalue weighted by Gasteiger charge is -1.91.